The summed E-state index contributed by atoms with van der Waals surface area (Å²) in [5.74, 6) is 0.270. The second-order valence-corrected chi connectivity index (χ2v) is 4.89. The van der Waals surface area contributed by atoms with Gasteiger partial charge in [-0.05, 0) is 46.2 Å². The molecule has 0 aliphatic carbocycles. The monoisotopic (exact) mass is 327 g/mol. The maximum atomic E-state index is 11.5. The van der Waals surface area contributed by atoms with Crippen molar-refractivity contribution in [1.82, 2.24) is 0 Å². The Kier molecular flexibility index (Phi) is 5.47. The molecule has 0 heterocycles. The van der Waals surface area contributed by atoms with Crippen molar-refractivity contribution in [2.75, 3.05) is 0 Å². The Labute approximate surface area is 110 Å². The number of hydrogen-bond donors (Lipinski definition) is 0. The maximum absolute atomic E-state index is 11.5. The van der Waals surface area contributed by atoms with Crippen LogP contribution in [0.15, 0.2) is 18.2 Å². The number of carbonyl (C=O) groups is 1. The third-order valence-electron chi connectivity index (χ3n) is 2.31. The average molecular weight is 327 g/mol. The van der Waals surface area contributed by atoms with Crippen LogP contribution >= 0.6 is 22.6 Å². The quantitative estimate of drug-likeness (QED) is 0.779. The van der Waals surface area contributed by atoms with Crippen LogP contribution in [0.2, 0.25) is 0 Å². The first kappa shape index (κ1) is 13.2. The van der Waals surface area contributed by atoms with Crippen LogP contribution in [0.4, 0.5) is 0 Å². The van der Waals surface area contributed by atoms with Crippen molar-refractivity contribution in [3.8, 4) is 6.07 Å². The smallest absolute Gasteiger partial charge is 0.137 e. The van der Waals surface area contributed by atoms with Crippen LogP contribution in [0.5, 0.6) is 0 Å². The molecule has 1 rings (SSSR count). The Morgan fingerprint density at radius 3 is 2.88 bits per heavy atom. The van der Waals surface area contributed by atoms with Crippen molar-refractivity contribution < 1.29 is 4.79 Å². The molecule has 0 bridgehead atoms. The van der Waals surface area contributed by atoms with E-state index in [0.717, 1.165) is 21.1 Å². The third-order valence-corrected chi connectivity index (χ3v) is 3.36. The van der Waals surface area contributed by atoms with E-state index in [0.29, 0.717) is 19.3 Å². The number of rotatable bonds is 5. The number of carbonyl (C=O) groups excluding carboxylic acids is 1. The van der Waals surface area contributed by atoms with Gasteiger partial charge in [0.25, 0.3) is 0 Å². The Balaban J connectivity index is 2.79. The van der Waals surface area contributed by atoms with Crippen LogP contribution in [0.25, 0.3) is 0 Å². The number of hydrogen-bond acceptors (Lipinski definition) is 2. The molecule has 0 amide bonds. The molecule has 16 heavy (non-hydrogen) atoms. The molecule has 0 fully saturated rings. The van der Waals surface area contributed by atoms with Crippen molar-refractivity contribution in [2.24, 2.45) is 0 Å². The van der Waals surface area contributed by atoms with Gasteiger partial charge in [-0.2, -0.15) is 5.26 Å². The molecule has 0 aliphatic rings. The molecule has 0 N–H and O–H groups in total. The van der Waals surface area contributed by atoms with Gasteiger partial charge in [0, 0.05) is 16.4 Å². The van der Waals surface area contributed by atoms with Crippen LogP contribution in [-0.4, -0.2) is 5.78 Å². The van der Waals surface area contributed by atoms with Crippen molar-refractivity contribution in [3.63, 3.8) is 0 Å². The summed E-state index contributed by atoms with van der Waals surface area (Å²) in [4.78, 5) is 11.5. The number of Topliss-reactive ketones (excluding diaryl/α,β-unsaturated/α-hetero) is 1. The molecule has 0 aromatic heterocycles. The highest BCUT2D eigenvalue weighted by Gasteiger charge is 2.05. The van der Waals surface area contributed by atoms with Gasteiger partial charge in [-0.25, -0.2) is 0 Å². The zero-order chi connectivity index (χ0) is 12.0. The van der Waals surface area contributed by atoms with Gasteiger partial charge in [-0.3, -0.25) is 4.79 Å². The summed E-state index contributed by atoms with van der Waals surface area (Å²) < 4.78 is 1.09. The highest BCUT2D eigenvalue weighted by atomic mass is 127. The van der Waals surface area contributed by atoms with Crippen molar-refractivity contribution in [3.05, 3.63) is 32.9 Å². The van der Waals surface area contributed by atoms with Crippen LogP contribution in [0.1, 0.15) is 30.9 Å². The summed E-state index contributed by atoms with van der Waals surface area (Å²) >= 11 is 2.21. The van der Waals surface area contributed by atoms with Crippen LogP contribution in [0.3, 0.4) is 0 Å². The molecule has 2 nitrogen and oxygen atoms in total. The van der Waals surface area contributed by atoms with Crippen molar-refractivity contribution in [1.29, 1.82) is 5.26 Å². The van der Waals surface area contributed by atoms with Crippen LogP contribution < -0.4 is 0 Å². The first-order valence-electron chi connectivity index (χ1n) is 5.33. The Morgan fingerprint density at radius 1 is 1.50 bits per heavy atom. The number of nitrogens with zero attached hydrogens (tertiary/aromatic N) is 1. The van der Waals surface area contributed by atoms with Gasteiger partial charge < -0.3 is 0 Å². The minimum absolute atomic E-state index is 0.270. The number of nitriles is 1. The van der Waals surface area contributed by atoms with Crippen molar-refractivity contribution >= 4 is 28.4 Å². The lowest BCUT2D eigenvalue weighted by Crippen LogP contribution is -2.02. The van der Waals surface area contributed by atoms with E-state index >= 15 is 0 Å². The lowest BCUT2D eigenvalue weighted by atomic mass is 10.0. The minimum atomic E-state index is 0.270. The fourth-order valence-corrected chi connectivity index (χ4v) is 2.08. The van der Waals surface area contributed by atoms with Gasteiger partial charge in [0.05, 0.1) is 12.5 Å². The fraction of sp³-hybridized carbons (Fsp3) is 0.385. The van der Waals surface area contributed by atoms with Crippen LogP contribution in [0, 0.1) is 14.9 Å². The lowest BCUT2D eigenvalue weighted by Gasteiger charge is -2.04. The molecule has 0 unspecified atom stereocenters. The van der Waals surface area contributed by atoms with E-state index in [-0.39, 0.29) is 5.78 Å². The first-order valence-corrected chi connectivity index (χ1v) is 6.41. The van der Waals surface area contributed by atoms with Gasteiger partial charge in [-0.15, -0.1) is 0 Å². The fourth-order valence-electron chi connectivity index (χ4n) is 1.55. The third kappa shape index (κ3) is 3.93. The van der Waals surface area contributed by atoms with Crippen LogP contribution in [-0.2, 0) is 17.6 Å². The molecule has 0 spiro atoms. The van der Waals surface area contributed by atoms with E-state index in [1.807, 2.05) is 25.1 Å². The van der Waals surface area contributed by atoms with Gasteiger partial charge >= 0.3 is 0 Å². The minimum Gasteiger partial charge on any atom is -0.299 e. The zero-order valence-electron chi connectivity index (χ0n) is 9.29. The molecular formula is C13H14INO. The molecule has 0 aliphatic heterocycles. The highest BCUT2D eigenvalue weighted by Crippen LogP contribution is 2.16. The summed E-state index contributed by atoms with van der Waals surface area (Å²) in [6.45, 7) is 2.01. The van der Waals surface area contributed by atoms with E-state index < -0.39 is 0 Å². The molecule has 1 aromatic rings. The SMILES string of the molecule is CCCC(=O)Cc1ccc(I)c(CC#N)c1. The lowest BCUT2D eigenvalue weighted by molar-refractivity contribution is -0.118. The van der Waals surface area contributed by atoms with E-state index in [9.17, 15) is 4.79 Å². The predicted octanol–water partition coefficient (Wildman–Crippen LogP) is 3.27. The maximum Gasteiger partial charge on any atom is 0.137 e. The van der Waals surface area contributed by atoms with E-state index in [2.05, 4.69) is 28.7 Å². The normalized spacial score (nSPS) is 9.81. The van der Waals surface area contributed by atoms with E-state index in [1.54, 1.807) is 0 Å². The zero-order valence-corrected chi connectivity index (χ0v) is 11.5. The molecule has 0 atom stereocenters. The van der Waals surface area contributed by atoms with E-state index in [1.165, 1.54) is 0 Å². The Morgan fingerprint density at radius 2 is 2.25 bits per heavy atom. The predicted molar refractivity (Wildman–Crippen MR) is 72.1 cm³/mol. The highest BCUT2D eigenvalue weighted by molar-refractivity contribution is 14.1. The van der Waals surface area contributed by atoms with Gasteiger partial charge in [0.1, 0.15) is 5.78 Å². The largest absolute Gasteiger partial charge is 0.299 e. The summed E-state index contributed by atoms with van der Waals surface area (Å²) in [5, 5.41) is 8.68. The summed E-state index contributed by atoms with van der Waals surface area (Å²) in [7, 11) is 0. The summed E-state index contributed by atoms with van der Waals surface area (Å²) in [5.41, 5.74) is 2.04. The average Bonchev–Trinajstić information content (AvgIpc) is 2.24. The first-order chi connectivity index (χ1) is 7.67. The Bertz CT molecular complexity index is 420. The molecule has 0 radical (unpaired) electrons. The van der Waals surface area contributed by atoms with Crippen molar-refractivity contribution in [2.45, 2.75) is 32.6 Å². The molecule has 0 saturated carbocycles. The van der Waals surface area contributed by atoms with E-state index in [4.69, 9.17) is 5.26 Å². The molecule has 0 saturated heterocycles. The number of ketones is 1. The summed E-state index contributed by atoms with van der Waals surface area (Å²) in [6.07, 6.45) is 2.44. The number of halogens is 1. The number of benzene rings is 1. The van der Waals surface area contributed by atoms with Gasteiger partial charge in [0.2, 0.25) is 0 Å². The second kappa shape index (κ2) is 6.64. The molecule has 1 aromatic carbocycles. The molecule has 3 heteroatoms. The Hall–Kier alpha value is -0.890. The topological polar surface area (TPSA) is 40.9 Å². The van der Waals surface area contributed by atoms with Gasteiger partial charge in [0.15, 0.2) is 0 Å². The molecular weight excluding hydrogens is 313 g/mol. The van der Waals surface area contributed by atoms with Gasteiger partial charge in [-0.1, -0.05) is 19.1 Å². The molecule has 84 valence electrons. The second-order valence-electron chi connectivity index (χ2n) is 3.73. The standard InChI is InChI=1S/C13H14INO/c1-2-3-12(16)9-10-4-5-13(14)11(8-10)6-7-15/h4-5,8H,2-3,6,9H2,1H3. The summed E-state index contributed by atoms with van der Waals surface area (Å²) in [6, 6.07) is 8.05.